The highest BCUT2D eigenvalue weighted by atomic mass is 19.1. The van der Waals surface area contributed by atoms with Gasteiger partial charge in [-0.3, -0.25) is 9.59 Å². The van der Waals surface area contributed by atoms with Gasteiger partial charge >= 0.3 is 0 Å². The van der Waals surface area contributed by atoms with E-state index in [1.165, 1.54) is 13.0 Å². The molecule has 21 heavy (non-hydrogen) atoms. The smallest absolute Gasteiger partial charge is 0.251 e. The van der Waals surface area contributed by atoms with Crippen LogP contribution in [0, 0.1) is 11.2 Å². The molecule has 1 saturated carbocycles. The molecule has 1 aromatic rings. The molecule has 0 spiro atoms. The molecule has 2 N–H and O–H groups in total. The third-order valence-corrected chi connectivity index (χ3v) is 4.26. The van der Waals surface area contributed by atoms with Gasteiger partial charge in [0, 0.05) is 5.56 Å². The molecule has 5 heteroatoms. The maximum absolute atomic E-state index is 13.3. The number of benzene rings is 1. The SMILES string of the molecule is CC(=O)C(CC1(C)CCC1)NC(=O)c1ccc(O)c(F)c1. The van der Waals surface area contributed by atoms with Gasteiger partial charge in [-0.05, 0) is 49.8 Å². The fourth-order valence-corrected chi connectivity index (χ4v) is 2.66. The van der Waals surface area contributed by atoms with Crippen LogP contribution in [0.15, 0.2) is 18.2 Å². The summed E-state index contributed by atoms with van der Waals surface area (Å²) < 4.78 is 13.3. The van der Waals surface area contributed by atoms with Crippen LogP contribution < -0.4 is 5.32 Å². The Kier molecular flexibility index (Phi) is 4.30. The first kappa shape index (κ1) is 15.5. The Morgan fingerprint density at radius 3 is 2.57 bits per heavy atom. The molecule has 0 radical (unpaired) electrons. The zero-order valence-corrected chi connectivity index (χ0v) is 12.3. The number of phenols is 1. The van der Waals surface area contributed by atoms with Crippen LogP contribution in [0.1, 0.15) is 49.9 Å². The van der Waals surface area contributed by atoms with E-state index >= 15 is 0 Å². The summed E-state index contributed by atoms with van der Waals surface area (Å²) in [7, 11) is 0. The minimum Gasteiger partial charge on any atom is -0.505 e. The van der Waals surface area contributed by atoms with E-state index in [9.17, 15) is 14.0 Å². The first-order valence-electron chi connectivity index (χ1n) is 7.11. The number of carbonyl (C=O) groups is 2. The second kappa shape index (κ2) is 5.84. The Morgan fingerprint density at radius 2 is 2.10 bits per heavy atom. The predicted octanol–water partition coefficient (Wildman–Crippen LogP) is 2.80. The predicted molar refractivity (Wildman–Crippen MR) is 76.6 cm³/mol. The lowest BCUT2D eigenvalue weighted by molar-refractivity contribution is -0.120. The van der Waals surface area contributed by atoms with Crippen LogP contribution >= 0.6 is 0 Å². The largest absolute Gasteiger partial charge is 0.505 e. The van der Waals surface area contributed by atoms with Crippen molar-refractivity contribution in [2.75, 3.05) is 0 Å². The molecule has 0 aromatic heterocycles. The van der Waals surface area contributed by atoms with E-state index in [0.717, 1.165) is 31.4 Å². The van der Waals surface area contributed by atoms with Crippen molar-refractivity contribution in [1.82, 2.24) is 5.32 Å². The minimum absolute atomic E-state index is 0.0929. The number of Topliss-reactive ketones (excluding diaryl/α,β-unsaturated/α-hetero) is 1. The number of hydrogen-bond acceptors (Lipinski definition) is 3. The molecule has 1 unspecified atom stereocenters. The Morgan fingerprint density at radius 1 is 1.43 bits per heavy atom. The number of rotatable bonds is 5. The van der Waals surface area contributed by atoms with Gasteiger partial charge in [0.25, 0.3) is 5.91 Å². The highest BCUT2D eigenvalue weighted by Crippen LogP contribution is 2.44. The fourth-order valence-electron chi connectivity index (χ4n) is 2.66. The third kappa shape index (κ3) is 3.60. The van der Waals surface area contributed by atoms with Gasteiger partial charge in [0.1, 0.15) is 0 Å². The van der Waals surface area contributed by atoms with E-state index < -0.39 is 23.5 Å². The van der Waals surface area contributed by atoms with Crippen molar-refractivity contribution in [1.29, 1.82) is 0 Å². The minimum atomic E-state index is -0.854. The van der Waals surface area contributed by atoms with Crippen LogP contribution in [0.4, 0.5) is 4.39 Å². The molecule has 1 amide bonds. The number of halogens is 1. The molecule has 0 heterocycles. The number of amides is 1. The van der Waals surface area contributed by atoms with Gasteiger partial charge in [-0.2, -0.15) is 0 Å². The van der Waals surface area contributed by atoms with E-state index in [0.29, 0.717) is 6.42 Å². The van der Waals surface area contributed by atoms with Gasteiger partial charge in [0.2, 0.25) is 0 Å². The second-order valence-electron chi connectivity index (χ2n) is 6.17. The summed E-state index contributed by atoms with van der Waals surface area (Å²) in [5.41, 5.74) is 0.194. The van der Waals surface area contributed by atoms with Crippen molar-refractivity contribution in [2.24, 2.45) is 5.41 Å². The average molecular weight is 293 g/mol. The summed E-state index contributed by atoms with van der Waals surface area (Å²) in [4.78, 5) is 23.8. The summed E-state index contributed by atoms with van der Waals surface area (Å²) in [6.07, 6.45) is 3.87. The van der Waals surface area contributed by atoms with Crippen molar-refractivity contribution in [3.63, 3.8) is 0 Å². The van der Waals surface area contributed by atoms with E-state index in [1.54, 1.807) is 0 Å². The Balaban J connectivity index is 2.07. The Labute approximate surface area is 123 Å². The van der Waals surface area contributed by atoms with Gasteiger partial charge in [-0.15, -0.1) is 0 Å². The first-order chi connectivity index (χ1) is 9.81. The number of phenolic OH excluding ortho intramolecular Hbond substituents is 1. The lowest BCUT2D eigenvalue weighted by Gasteiger charge is -2.40. The summed E-state index contributed by atoms with van der Waals surface area (Å²) >= 11 is 0. The summed E-state index contributed by atoms with van der Waals surface area (Å²) in [5, 5.41) is 11.8. The van der Waals surface area contributed by atoms with Gasteiger partial charge in [-0.25, -0.2) is 4.39 Å². The molecule has 1 fully saturated rings. The fraction of sp³-hybridized carbons (Fsp3) is 0.500. The molecular weight excluding hydrogens is 273 g/mol. The molecule has 0 saturated heterocycles. The van der Waals surface area contributed by atoms with Crippen LogP contribution in [0.3, 0.4) is 0 Å². The van der Waals surface area contributed by atoms with Crippen LogP contribution in [-0.4, -0.2) is 22.8 Å². The zero-order chi connectivity index (χ0) is 15.6. The van der Waals surface area contributed by atoms with E-state index in [-0.39, 0.29) is 16.8 Å². The van der Waals surface area contributed by atoms with Gasteiger partial charge in [0.15, 0.2) is 17.3 Å². The molecule has 2 rings (SSSR count). The van der Waals surface area contributed by atoms with Gasteiger partial charge < -0.3 is 10.4 Å². The lowest BCUT2D eigenvalue weighted by atomic mass is 9.66. The van der Waals surface area contributed by atoms with Crippen molar-refractivity contribution >= 4 is 11.7 Å². The molecule has 1 aliphatic rings. The summed E-state index contributed by atoms with van der Waals surface area (Å²) in [6, 6.07) is 2.86. The summed E-state index contributed by atoms with van der Waals surface area (Å²) in [6.45, 7) is 3.56. The van der Waals surface area contributed by atoms with Crippen LogP contribution in [0.5, 0.6) is 5.75 Å². The number of carbonyl (C=O) groups excluding carboxylic acids is 2. The van der Waals surface area contributed by atoms with Crippen LogP contribution in [0.25, 0.3) is 0 Å². The van der Waals surface area contributed by atoms with Crippen LogP contribution in [-0.2, 0) is 4.79 Å². The first-order valence-corrected chi connectivity index (χ1v) is 7.11. The Hall–Kier alpha value is -1.91. The molecule has 1 aromatic carbocycles. The van der Waals surface area contributed by atoms with Crippen molar-refractivity contribution in [3.8, 4) is 5.75 Å². The van der Waals surface area contributed by atoms with E-state index in [1.807, 2.05) is 0 Å². The lowest BCUT2D eigenvalue weighted by Crippen LogP contribution is -2.44. The normalized spacial score (nSPS) is 17.7. The molecule has 4 nitrogen and oxygen atoms in total. The van der Waals surface area contributed by atoms with E-state index in [4.69, 9.17) is 5.11 Å². The standard InChI is InChI=1S/C16H20FNO3/c1-10(19)13(9-16(2)6-3-7-16)18-15(21)11-4-5-14(20)12(17)8-11/h4-5,8,13,20H,3,6-7,9H2,1-2H3,(H,18,21). The molecular formula is C16H20FNO3. The number of hydrogen-bond donors (Lipinski definition) is 2. The topological polar surface area (TPSA) is 66.4 Å². The maximum Gasteiger partial charge on any atom is 0.251 e. The quantitative estimate of drug-likeness (QED) is 0.877. The summed E-state index contributed by atoms with van der Waals surface area (Å²) in [5.74, 6) is -1.96. The zero-order valence-electron chi connectivity index (χ0n) is 12.3. The average Bonchev–Trinajstić information content (AvgIpc) is 2.39. The van der Waals surface area contributed by atoms with Gasteiger partial charge in [-0.1, -0.05) is 13.3 Å². The number of nitrogens with one attached hydrogen (secondary N) is 1. The van der Waals surface area contributed by atoms with Crippen molar-refractivity contribution in [3.05, 3.63) is 29.6 Å². The number of aromatic hydroxyl groups is 1. The van der Waals surface area contributed by atoms with Crippen LogP contribution in [0.2, 0.25) is 0 Å². The monoisotopic (exact) mass is 293 g/mol. The van der Waals surface area contributed by atoms with Crippen molar-refractivity contribution < 1.29 is 19.1 Å². The molecule has 0 bridgehead atoms. The van der Waals surface area contributed by atoms with Gasteiger partial charge in [0.05, 0.1) is 6.04 Å². The Bertz CT molecular complexity index is 567. The highest BCUT2D eigenvalue weighted by Gasteiger charge is 2.36. The maximum atomic E-state index is 13.3. The van der Waals surface area contributed by atoms with E-state index in [2.05, 4.69) is 12.2 Å². The molecule has 1 aliphatic carbocycles. The highest BCUT2D eigenvalue weighted by molar-refractivity contribution is 5.97. The third-order valence-electron chi connectivity index (χ3n) is 4.26. The second-order valence-corrected chi connectivity index (χ2v) is 6.17. The number of ketones is 1. The van der Waals surface area contributed by atoms with Crippen molar-refractivity contribution in [2.45, 2.75) is 45.6 Å². The molecule has 1 atom stereocenters. The molecule has 114 valence electrons. The molecule has 0 aliphatic heterocycles.